The maximum Gasteiger partial charge on any atom is 0.278 e. The highest BCUT2D eigenvalue weighted by Gasteiger charge is 2.21. The summed E-state index contributed by atoms with van der Waals surface area (Å²) in [5, 5.41) is 11.3. The van der Waals surface area contributed by atoms with Crippen molar-refractivity contribution in [2.75, 3.05) is 0 Å². The van der Waals surface area contributed by atoms with Crippen molar-refractivity contribution in [3.8, 4) is 0 Å². The summed E-state index contributed by atoms with van der Waals surface area (Å²) in [6, 6.07) is 23.6. The monoisotopic (exact) mass is 410 g/mol. The van der Waals surface area contributed by atoms with E-state index in [4.69, 9.17) is 0 Å². The molecule has 31 heavy (non-hydrogen) atoms. The van der Waals surface area contributed by atoms with E-state index in [9.17, 15) is 9.59 Å². The molecule has 2 heterocycles. The van der Waals surface area contributed by atoms with Crippen molar-refractivity contribution in [3.05, 3.63) is 101 Å². The lowest BCUT2D eigenvalue weighted by molar-refractivity contribution is -0.122. The van der Waals surface area contributed by atoms with E-state index in [1.165, 1.54) is 0 Å². The standard InChI is InChI=1S/C23H18N6O2/c30-20(14-29-23(31)16-10-4-5-11-17(16)27-28-29)26-21(15-8-2-1-3-9-15)22-24-18-12-6-7-13-19(18)25-22/h1-13,21H,14H2,(H,24,25)(H,26,30). The molecule has 0 bridgehead atoms. The molecular weight excluding hydrogens is 392 g/mol. The highest BCUT2D eigenvalue weighted by Crippen LogP contribution is 2.22. The number of nitrogens with zero attached hydrogens (tertiary/aromatic N) is 4. The number of fused-ring (bicyclic) bond motifs is 2. The predicted octanol–water partition coefficient (Wildman–Crippen LogP) is 2.57. The largest absolute Gasteiger partial charge is 0.340 e. The topological polar surface area (TPSA) is 106 Å². The Morgan fingerprint density at radius 2 is 1.65 bits per heavy atom. The lowest BCUT2D eigenvalue weighted by Gasteiger charge is -2.17. The van der Waals surface area contributed by atoms with Crippen LogP contribution in [0.3, 0.4) is 0 Å². The number of H-pyrrole nitrogens is 1. The summed E-state index contributed by atoms with van der Waals surface area (Å²) in [4.78, 5) is 33.5. The van der Waals surface area contributed by atoms with Crippen LogP contribution in [0, 0.1) is 0 Å². The molecule has 0 spiro atoms. The van der Waals surface area contributed by atoms with E-state index in [1.807, 2.05) is 54.6 Å². The van der Waals surface area contributed by atoms with Gasteiger partial charge in [0.1, 0.15) is 23.9 Å². The summed E-state index contributed by atoms with van der Waals surface area (Å²) in [6.45, 7) is -0.250. The van der Waals surface area contributed by atoms with Crippen LogP contribution in [0.15, 0.2) is 83.7 Å². The lowest BCUT2D eigenvalue weighted by atomic mass is 10.1. The number of nitrogens with one attached hydrogen (secondary N) is 2. The highest BCUT2D eigenvalue weighted by molar-refractivity contribution is 5.79. The molecule has 0 aliphatic carbocycles. The van der Waals surface area contributed by atoms with Gasteiger partial charge in [-0.25, -0.2) is 9.67 Å². The van der Waals surface area contributed by atoms with E-state index in [0.29, 0.717) is 16.7 Å². The van der Waals surface area contributed by atoms with Crippen LogP contribution in [0.5, 0.6) is 0 Å². The Morgan fingerprint density at radius 1 is 0.935 bits per heavy atom. The van der Waals surface area contributed by atoms with Gasteiger partial charge in [0.2, 0.25) is 5.91 Å². The third kappa shape index (κ3) is 3.66. The van der Waals surface area contributed by atoms with Gasteiger partial charge in [-0.05, 0) is 29.8 Å². The first kappa shape index (κ1) is 18.7. The number of imidazole rings is 1. The number of benzene rings is 3. The van der Waals surface area contributed by atoms with Crippen molar-refractivity contribution < 1.29 is 4.79 Å². The number of carbonyl (C=O) groups is 1. The van der Waals surface area contributed by atoms with Gasteiger partial charge in [-0.1, -0.05) is 59.8 Å². The van der Waals surface area contributed by atoms with Crippen LogP contribution < -0.4 is 10.9 Å². The molecule has 1 amide bonds. The van der Waals surface area contributed by atoms with Gasteiger partial charge in [-0.2, -0.15) is 0 Å². The number of carbonyl (C=O) groups excluding carboxylic acids is 1. The number of para-hydroxylation sites is 2. The Kier molecular flexibility index (Phi) is 4.72. The van der Waals surface area contributed by atoms with Gasteiger partial charge in [-0.3, -0.25) is 9.59 Å². The fraction of sp³-hybridized carbons (Fsp3) is 0.0870. The minimum atomic E-state index is -0.509. The molecule has 5 aromatic rings. The van der Waals surface area contributed by atoms with Crippen molar-refractivity contribution in [1.82, 2.24) is 30.3 Å². The fourth-order valence-corrected chi connectivity index (χ4v) is 3.53. The summed E-state index contributed by atoms with van der Waals surface area (Å²) in [5.74, 6) is 0.235. The summed E-state index contributed by atoms with van der Waals surface area (Å²) >= 11 is 0. The molecule has 0 saturated heterocycles. The smallest absolute Gasteiger partial charge is 0.278 e. The number of rotatable bonds is 5. The Bertz CT molecular complexity index is 1410. The van der Waals surface area contributed by atoms with Crippen LogP contribution in [-0.4, -0.2) is 30.9 Å². The van der Waals surface area contributed by atoms with Gasteiger partial charge in [0.15, 0.2) is 0 Å². The number of hydrogen-bond donors (Lipinski definition) is 2. The number of hydrogen-bond acceptors (Lipinski definition) is 5. The maximum atomic E-state index is 12.9. The van der Waals surface area contributed by atoms with Crippen LogP contribution >= 0.6 is 0 Å². The van der Waals surface area contributed by atoms with Gasteiger partial charge < -0.3 is 10.3 Å². The van der Waals surface area contributed by atoms with E-state index in [-0.39, 0.29) is 18.0 Å². The highest BCUT2D eigenvalue weighted by atomic mass is 16.2. The van der Waals surface area contributed by atoms with Crippen molar-refractivity contribution in [2.45, 2.75) is 12.6 Å². The summed E-state index contributed by atoms with van der Waals surface area (Å²) in [5.41, 5.74) is 2.69. The van der Waals surface area contributed by atoms with Gasteiger partial charge >= 0.3 is 0 Å². The van der Waals surface area contributed by atoms with Crippen LogP contribution in [0.1, 0.15) is 17.4 Å². The van der Waals surface area contributed by atoms with E-state index < -0.39 is 6.04 Å². The first-order valence-corrected chi connectivity index (χ1v) is 9.80. The van der Waals surface area contributed by atoms with Gasteiger partial charge in [0.05, 0.1) is 16.4 Å². The Morgan fingerprint density at radius 3 is 2.45 bits per heavy atom. The minimum absolute atomic E-state index is 0.250. The molecular formula is C23H18N6O2. The zero-order valence-electron chi connectivity index (χ0n) is 16.4. The van der Waals surface area contributed by atoms with E-state index in [1.54, 1.807) is 24.3 Å². The molecule has 3 aromatic carbocycles. The Balaban J connectivity index is 1.46. The molecule has 1 atom stereocenters. The zero-order chi connectivity index (χ0) is 21.2. The molecule has 5 rings (SSSR count). The summed E-state index contributed by atoms with van der Waals surface area (Å²) in [6.07, 6.45) is 0. The van der Waals surface area contributed by atoms with Crippen molar-refractivity contribution in [1.29, 1.82) is 0 Å². The van der Waals surface area contributed by atoms with Crippen LogP contribution in [0.25, 0.3) is 21.9 Å². The van der Waals surface area contributed by atoms with E-state index in [0.717, 1.165) is 21.3 Å². The average molecular weight is 410 g/mol. The van der Waals surface area contributed by atoms with Gasteiger partial charge in [-0.15, -0.1) is 5.10 Å². The molecule has 152 valence electrons. The lowest BCUT2D eigenvalue weighted by Crippen LogP contribution is -2.36. The number of aromatic amines is 1. The first-order chi connectivity index (χ1) is 15.2. The fourth-order valence-electron chi connectivity index (χ4n) is 3.53. The number of amides is 1. The molecule has 0 fully saturated rings. The second-order valence-electron chi connectivity index (χ2n) is 7.12. The van der Waals surface area contributed by atoms with Crippen LogP contribution in [0.2, 0.25) is 0 Å². The first-order valence-electron chi connectivity index (χ1n) is 9.80. The predicted molar refractivity (Wildman–Crippen MR) is 116 cm³/mol. The summed E-state index contributed by atoms with van der Waals surface area (Å²) in [7, 11) is 0. The quantitative estimate of drug-likeness (QED) is 0.463. The second-order valence-corrected chi connectivity index (χ2v) is 7.12. The SMILES string of the molecule is O=C(Cn1nnc2ccccc2c1=O)NC(c1ccccc1)c1nc2ccccc2[nH]1. The second kappa shape index (κ2) is 7.83. The molecule has 2 N–H and O–H groups in total. The molecule has 0 saturated carbocycles. The summed E-state index contributed by atoms with van der Waals surface area (Å²) < 4.78 is 1.07. The van der Waals surface area contributed by atoms with Crippen molar-refractivity contribution in [3.63, 3.8) is 0 Å². The number of aromatic nitrogens is 5. The Labute approximate surface area is 176 Å². The zero-order valence-corrected chi connectivity index (χ0v) is 16.4. The molecule has 0 radical (unpaired) electrons. The third-order valence-electron chi connectivity index (χ3n) is 5.04. The average Bonchev–Trinajstić information content (AvgIpc) is 3.24. The normalized spacial score (nSPS) is 12.1. The molecule has 0 aliphatic heterocycles. The minimum Gasteiger partial charge on any atom is -0.340 e. The van der Waals surface area contributed by atoms with E-state index in [2.05, 4.69) is 25.6 Å². The van der Waals surface area contributed by atoms with Crippen molar-refractivity contribution >= 4 is 27.8 Å². The van der Waals surface area contributed by atoms with E-state index >= 15 is 0 Å². The van der Waals surface area contributed by atoms with Gasteiger partial charge in [0, 0.05) is 0 Å². The molecule has 1 unspecified atom stereocenters. The molecule has 0 aliphatic rings. The van der Waals surface area contributed by atoms with Crippen LogP contribution in [-0.2, 0) is 11.3 Å². The maximum absolute atomic E-state index is 12.9. The molecule has 8 heteroatoms. The Hall–Kier alpha value is -4.33. The van der Waals surface area contributed by atoms with Crippen LogP contribution in [0.4, 0.5) is 0 Å². The molecule has 2 aromatic heterocycles. The molecule has 8 nitrogen and oxygen atoms in total. The van der Waals surface area contributed by atoms with Crippen molar-refractivity contribution in [2.24, 2.45) is 0 Å². The van der Waals surface area contributed by atoms with Gasteiger partial charge in [0.25, 0.3) is 5.56 Å². The third-order valence-corrected chi connectivity index (χ3v) is 5.04.